The van der Waals surface area contributed by atoms with E-state index in [1.165, 1.54) is 21.5 Å². The number of hydrogen-bond donors (Lipinski definition) is 0. The predicted octanol–water partition coefficient (Wildman–Crippen LogP) is 16.5. The van der Waals surface area contributed by atoms with Gasteiger partial charge in [0.15, 0.2) is 23.3 Å². The molecule has 0 aliphatic heterocycles. The summed E-state index contributed by atoms with van der Waals surface area (Å²) in [7, 11) is 0. The van der Waals surface area contributed by atoms with Gasteiger partial charge in [0.25, 0.3) is 0 Å². The minimum atomic E-state index is 0.626. The van der Waals surface area contributed by atoms with Crippen LogP contribution in [0.1, 0.15) is 0 Å². The van der Waals surface area contributed by atoms with E-state index in [1.807, 2.05) is 97.1 Å². The zero-order valence-electron chi connectivity index (χ0n) is 40.0. The maximum Gasteiger partial charge on any atom is 0.164 e. The van der Waals surface area contributed by atoms with Crippen molar-refractivity contribution in [3.05, 3.63) is 261 Å². The van der Waals surface area contributed by atoms with Crippen LogP contribution in [0.2, 0.25) is 0 Å². The highest BCUT2D eigenvalue weighted by Gasteiger charge is 2.19. The quantitative estimate of drug-likeness (QED) is 0.144. The Balaban J connectivity index is 0.833. The van der Waals surface area contributed by atoms with Crippen molar-refractivity contribution in [3.63, 3.8) is 0 Å². The SMILES string of the molecule is c1ccc(-c2cc(-c3ccccc3)nc(-c3ccc(-n4c5ccccc5c5ccc(-c6ccc7c(c6)c6ccccc6n7-c6ccc(-c7nc(-c8ccccc8)nc(-c8ccccc8)n7)cc6)cc54)cc3)n2)cc1. The van der Waals surface area contributed by atoms with Gasteiger partial charge in [0.05, 0.1) is 33.5 Å². The molecule has 346 valence electrons. The van der Waals surface area contributed by atoms with E-state index in [1.54, 1.807) is 0 Å². The highest BCUT2D eigenvalue weighted by molar-refractivity contribution is 6.12. The number of benzene rings is 10. The Labute approximate surface area is 427 Å². The van der Waals surface area contributed by atoms with Crippen LogP contribution in [0.5, 0.6) is 0 Å². The first-order chi connectivity index (χ1) is 36.7. The molecule has 0 saturated carbocycles. The van der Waals surface area contributed by atoms with Gasteiger partial charge in [-0.05, 0) is 96.1 Å². The molecule has 0 unspecified atom stereocenters. The molecule has 74 heavy (non-hydrogen) atoms. The Morgan fingerprint density at radius 1 is 0.203 bits per heavy atom. The Morgan fingerprint density at radius 2 is 0.541 bits per heavy atom. The molecule has 14 aromatic rings. The summed E-state index contributed by atoms with van der Waals surface area (Å²) in [4.78, 5) is 25.1. The van der Waals surface area contributed by atoms with Crippen LogP contribution in [0.3, 0.4) is 0 Å². The van der Waals surface area contributed by atoms with Gasteiger partial charge in [0.2, 0.25) is 0 Å². The van der Waals surface area contributed by atoms with Crippen LogP contribution in [0.4, 0.5) is 0 Å². The molecule has 0 N–H and O–H groups in total. The van der Waals surface area contributed by atoms with Crippen LogP contribution in [-0.2, 0) is 0 Å². The number of rotatable bonds is 9. The van der Waals surface area contributed by atoms with E-state index in [9.17, 15) is 0 Å². The first kappa shape index (κ1) is 42.7. The summed E-state index contributed by atoms with van der Waals surface area (Å²) in [5.41, 5.74) is 16.6. The van der Waals surface area contributed by atoms with Gasteiger partial charge in [-0.3, -0.25) is 0 Å². The number of fused-ring (bicyclic) bond motifs is 6. The molecular weight excluding hydrogens is 903 g/mol. The Hall–Kier alpha value is -10.1. The molecule has 0 bridgehead atoms. The molecule has 0 aliphatic carbocycles. The first-order valence-corrected chi connectivity index (χ1v) is 24.8. The van der Waals surface area contributed by atoms with Gasteiger partial charge >= 0.3 is 0 Å². The van der Waals surface area contributed by atoms with Crippen molar-refractivity contribution in [2.75, 3.05) is 0 Å². The fraction of sp³-hybridized carbons (Fsp3) is 0. The lowest BCUT2D eigenvalue weighted by Gasteiger charge is -2.12. The third-order valence-electron chi connectivity index (χ3n) is 14.0. The molecule has 7 nitrogen and oxygen atoms in total. The van der Waals surface area contributed by atoms with Crippen molar-refractivity contribution in [2.45, 2.75) is 0 Å². The molecule has 0 aliphatic rings. The van der Waals surface area contributed by atoms with Crippen molar-refractivity contribution < 1.29 is 0 Å². The van der Waals surface area contributed by atoms with Crippen molar-refractivity contribution in [1.29, 1.82) is 0 Å². The van der Waals surface area contributed by atoms with E-state index in [4.69, 9.17) is 24.9 Å². The zero-order valence-corrected chi connectivity index (χ0v) is 40.0. The van der Waals surface area contributed by atoms with Gasteiger partial charge in [-0.25, -0.2) is 24.9 Å². The Kier molecular flexibility index (Phi) is 10.4. The van der Waals surface area contributed by atoms with Crippen molar-refractivity contribution in [3.8, 4) is 90.6 Å². The second-order valence-electron chi connectivity index (χ2n) is 18.5. The summed E-state index contributed by atoms with van der Waals surface area (Å²) in [5, 5.41) is 4.78. The average molecular weight is 946 g/mol. The lowest BCUT2D eigenvalue weighted by atomic mass is 10.0. The van der Waals surface area contributed by atoms with Crippen LogP contribution >= 0.6 is 0 Å². The van der Waals surface area contributed by atoms with Crippen molar-refractivity contribution in [2.24, 2.45) is 0 Å². The molecule has 0 saturated heterocycles. The van der Waals surface area contributed by atoms with E-state index in [0.29, 0.717) is 23.3 Å². The average Bonchev–Trinajstić information content (AvgIpc) is 4.02. The predicted molar refractivity (Wildman–Crippen MR) is 302 cm³/mol. The van der Waals surface area contributed by atoms with Crippen LogP contribution in [0.25, 0.3) is 134 Å². The number of hydrogen-bond acceptors (Lipinski definition) is 5. The molecule has 0 amide bonds. The second kappa shape index (κ2) is 17.9. The lowest BCUT2D eigenvalue weighted by Crippen LogP contribution is -2.00. The molecule has 0 spiro atoms. The minimum absolute atomic E-state index is 0.626. The lowest BCUT2D eigenvalue weighted by molar-refractivity contribution is 1.07. The van der Waals surface area contributed by atoms with Crippen LogP contribution in [0.15, 0.2) is 261 Å². The normalized spacial score (nSPS) is 11.5. The van der Waals surface area contributed by atoms with Crippen LogP contribution in [0, 0.1) is 0 Å². The number of para-hydroxylation sites is 2. The van der Waals surface area contributed by atoms with Crippen LogP contribution < -0.4 is 0 Å². The topological polar surface area (TPSA) is 74.3 Å². The van der Waals surface area contributed by atoms with E-state index in [0.717, 1.165) is 89.3 Å². The smallest absolute Gasteiger partial charge is 0.164 e. The van der Waals surface area contributed by atoms with E-state index in [-0.39, 0.29) is 0 Å². The number of aromatic nitrogens is 7. The fourth-order valence-electron chi connectivity index (χ4n) is 10.4. The summed E-state index contributed by atoms with van der Waals surface area (Å²) in [6, 6.07) is 91.2. The first-order valence-electron chi connectivity index (χ1n) is 24.8. The van der Waals surface area contributed by atoms with Gasteiger partial charge in [0, 0.05) is 66.3 Å². The number of nitrogens with zero attached hydrogens (tertiary/aromatic N) is 7. The maximum atomic E-state index is 5.11. The summed E-state index contributed by atoms with van der Waals surface area (Å²) in [6.07, 6.45) is 0. The molecule has 10 aromatic carbocycles. The summed E-state index contributed by atoms with van der Waals surface area (Å²) in [5.74, 6) is 2.59. The van der Waals surface area contributed by atoms with Gasteiger partial charge in [-0.1, -0.05) is 176 Å². The molecule has 0 atom stereocenters. The van der Waals surface area contributed by atoms with E-state index < -0.39 is 0 Å². The molecule has 7 heteroatoms. The van der Waals surface area contributed by atoms with Crippen molar-refractivity contribution >= 4 is 43.6 Å². The summed E-state index contributed by atoms with van der Waals surface area (Å²) >= 11 is 0. The van der Waals surface area contributed by atoms with E-state index >= 15 is 0 Å². The standard InChI is InChI=1S/C67H43N7/c1-5-17-44(18-6-1)58-43-59(45-19-7-2-8-20-45)69-64(68-58)48-29-37-53(38-30-48)74-60-27-15-13-25-54(60)56-39-33-51(42-63(56)74)50-34-40-62-57(41-50)55-26-14-16-28-61(55)73(62)52-35-31-49(32-36-52)67-71-65(46-21-9-3-10-22-46)70-66(72-67)47-23-11-4-12-24-47/h1-43H. The van der Waals surface area contributed by atoms with Crippen LogP contribution in [-0.4, -0.2) is 34.1 Å². The van der Waals surface area contributed by atoms with Gasteiger partial charge < -0.3 is 9.13 Å². The third-order valence-corrected chi connectivity index (χ3v) is 14.0. The molecule has 4 heterocycles. The Bertz CT molecular complexity index is 4260. The fourth-order valence-corrected chi connectivity index (χ4v) is 10.4. The second-order valence-corrected chi connectivity index (χ2v) is 18.5. The molecular formula is C67H43N7. The Morgan fingerprint density at radius 3 is 1.04 bits per heavy atom. The minimum Gasteiger partial charge on any atom is -0.309 e. The van der Waals surface area contributed by atoms with E-state index in [2.05, 4.69) is 173 Å². The van der Waals surface area contributed by atoms with Gasteiger partial charge in [-0.2, -0.15) is 0 Å². The summed E-state index contributed by atoms with van der Waals surface area (Å²) in [6.45, 7) is 0. The highest BCUT2D eigenvalue weighted by Crippen LogP contribution is 2.39. The molecule has 0 fully saturated rings. The highest BCUT2D eigenvalue weighted by atomic mass is 15.0. The van der Waals surface area contributed by atoms with Crippen molar-refractivity contribution in [1.82, 2.24) is 34.1 Å². The molecule has 14 rings (SSSR count). The molecule has 0 radical (unpaired) electrons. The largest absolute Gasteiger partial charge is 0.309 e. The van der Waals surface area contributed by atoms with Gasteiger partial charge in [-0.15, -0.1) is 0 Å². The monoisotopic (exact) mass is 945 g/mol. The maximum absolute atomic E-state index is 5.11. The third kappa shape index (κ3) is 7.59. The van der Waals surface area contributed by atoms with Gasteiger partial charge in [0.1, 0.15) is 0 Å². The zero-order chi connectivity index (χ0) is 49.0. The molecule has 4 aromatic heterocycles. The summed E-state index contributed by atoms with van der Waals surface area (Å²) < 4.78 is 4.73.